The summed E-state index contributed by atoms with van der Waals surface area (Å²) in [5.74, 6) is -2.87. The average molecular weight is 189 g/mol. The van der Waals surface area contributed by atoms with Gasteiger partial charge in [0.1, 0.15) is 5.75 Å². The summed E-state index contributed by atoms with van der Waals surface area (Å²) in [6.07, 6.45) is 0. The van der Waals surface area contributed by atoms with Crippen molar-refractivity contribution in [1.82, 2.24) is 0 Å². The second-order valence-corrected chi connectivity index (χ2v) is 2.20. The lowest BCUT2D eigenvalue weighted by Gasteiger charge is -2.00. The Bertz CT molecular complexity index is 354. The Morgan fingerprint density at radius 2 is 2.08 bits per heavy atom. The molecule has 0 amide bonds. The van der Waals surface area contributed by atoms with Crippen molar-refractivity contribution in [3.05, 3.63) is 33.9 Å². The lowest BCUT2D eigenvalue weighted by molar-refractivity contribution is -0.387. The molecule has 0 aliphatic heterocycles. The highest BCUT2D eigenvalue weighted by molar-refractivity contribution is 5.40. The summed E-state index contributed by atoms with van der Waals surface area (Å²) >= 11 is 0. The summed E-state index contributed by atoms with van der Waals surface area (Å²) in [6, 6.07) is 1.56. The van der Waals surface area contributed by atoms with Gasteiger partial charge in [0.15, 0.2) is 5.82 Å². The number of nitro benzene ring substituents is 1. The molecule has 0 fully saturated rings. The molecule has 1 aromatic rings. The van der Waals surface area contributed by atoms with E-state index in [-0.39, 0.29) is 5.75 Å². The van der Waals surface area contributed by atoms with Gasteiger partial charge < -0.3 is 4.74 Å². The molecule has 13 heavy (non-hydrogen) atoms. The van der Waals surface area contributed by atoms with E-state index in [9.17, 15) is 18.9 Å². The Hall–Kier alpha value is -1.72. The molecule has 0 aliphatic carbocycles. The number of halogens is 2. The number of hydrogen-bond acceptors (Lipinski definition) is 3. The van der Waals surface area contributed by atoms with Crippen LogP contribution in [-0.2, 0) is 0 Å². The molecular weight excluding hydrogens is 184 g/mol. The van der Waals surface area contributed by atoms with E-state index in [0.29, 0.717) is 0 Å². The summed E-state index contributed by atoms with van der Waals surface area (Å²) < 4.78 is 29.9. The molecule has 0 bridgehead atoms. The van der Waals surface area contributed by atoms with Crippen LogP contribution >= 0.6 is 0 Å². The van der Waals surface area contributed by atoms with Crippen LogP contribution in [0.15, 0.2) is 12.1 Å². The molecule has 1 rings (SSSR count). The Morgan fingerprint density at radius 3 is 2.54 bits per heavy atom. The van der Waals surface area contributed by atoms with Crippen molar-refractivity contribution in [2.24, 2.45) is 0 Å². The maximum Gasteiger partial charge on any atom is 0.311 e. The number of benzene rings is 1. The van der Waals surface area contributed by atoms with Crippen LogP contribution in [0.5, 0.6) is 5.75 Å². The van der Waals surface area contributed by atoms with Gasteiger partial charge in [0.25, 0.3) is 0 Å². The van der Waals surface area contributed by atoms with E-state index in [1.807, 2.05) is 0 Å². The minimum atomic E-state index is -1.48. The smallest absolute Gasteiger partial charge is 0.311 e. The monoisotopic (exact) mass is 189 g/mol. The van der Waals surface area contributed by atoms with Crippen molar-refractivity contribution in [3.8, 4) is 5.75 Å². The second kappa shape index (κ2) is 3.34. The zero-order valence-electron chi connectivity index (χ0n) is 6.58. The average Bonchev–Trinajstić information content (AvgIpc) is 2.09. The minimum Gasteiger partial charge on any atom is -0.496 e. The van der Waals surface area contributed by atoms with E-state index in [2.05, 4.69) is 4.74 Å². The molecule has 0 saturated heterocycles. The van der Waals surface area contributed by atoms with Gasteiger partial charge in [-0.2, -0.15) is 4.39 Å². The van der Waals surface area contributed by atoms with Gasteiger partial charge in [0.05, 0.1) is 18.1 Å². The fraction of sp³-hybridized carbons (Fsp3) is 0.143. The number of hydrogen-bond donors (Lipinski definition) is 0. The summed E-state index contributed by atoms with van der Waals surface area (Å²) in [7, 11) is 1.20. The Balaban J connectivity index is 3.33. The summed E-state index contributed by atoms with van der Waals surface area (Å²) in [6.45, 7) is 0. The van der Waals surface area contributed by atoms with E-state index in [4.69, 9.17) is 0 Å². The largest absolute Gasteiger partial charge is 0.496 e. The number of rotatable bonds is 2. The quantitative estimate of drug-likeness (QED) is 0.527. The maximum atomic E-state index is 12.7. The molecular formula is C7H5F2NO3. The van der Waals surface area contributed by atoms with Crippen molar-refractivity contribution >= 4 is 5.69 Å². The normalized spacial score (nSPS) is 9.77. The molecule has 0 aliphatic rings. The lowest BCUT2D eigenvalue weighted by atomic mass is 10.3. The van der Waals surface area contributed by atoms with Crippen molar-refractivity contribution < 1.29 is 18.4 Å². The topological polar surface area (TPSA) is 52.4 Å². The van der Waals surface area contributed by atoms with Crippen molar-refractivity contribution in [2.45, 2.75) is 0 Å². The molecule has 0 heterocycles. The third kappa shape index (κ3) is 1.71. The Labute approximate surface area is 71.9 Å². The van der Waals surface area contributed by atoms with Crippen LogP contribution in [-0.4, -0.2) is 12.0 Å². The first-order valence-electron chi connectivity index (χ1n) is 3.23. The summed E-state index contributed by atoms with van der Waals surface area (Å²) in [5.41, 5.74) is -0.933. The van der Waals surface area contributed by atoms with Crippen LogP contribution < -0.4 is 4.74 Å². The summed E-state index contributed by atoms with van der Waals surface area (Å²) in [5, 5.41) is 10.2. The minimum absolute atomic E-state index is 0.0920. The molecule has 0 saturated carbocycles. The zero-order valence-corrected chi connectivity index (χ0v) is 6.58. The molecule has 6 heteroatoms. The number of nitrogens with zero attached hydrogens (tertiary/aromatic N) is 1. The molecule has 1 aromatic carbocycles. The fourth-order valence-electron chi connectivity index (χ4n) is 0.801. The van der Waals surface area contributed by atoms with Gasteiger partial charge in [-0.3, -0.25) is 10.1 Å². The lowest BCUT2D eigenvalue weighted by Crippen LogP contribution is -1.97. The fourth-order valence-corrected chi connectivity index (χ4v) is 0.801. The highest BCUT2D eigenvalue weighted by Gasteiger charge is 2.20. The van der Waals surface area contributed by atoms with Gasteiger partial charge in [-0.25, -0.2) is 4.39 Å². The van der Waals surface area contributed by atoms with E-state index in [0.717, 1.165) is 12.1 Å². The van der Waals surface area contributed by atoms with Crippen LogP contribution in [0.3, 0.4) is 0 Å². The molecule has 4 nitrogen and oxygen atoms in total. The molecule has 0 N–H and O–H groups in total. The van der Waals surface area contributed by atoms with Gasteiger partial charge in [-0.1, -0.05) is 0 Å². The zero-order chi connectivity index (χ0) is 10.0. The predicted octanol–water partition coefficient (Wildman–Crippen LogP) is 1.88. The van der Waals surface area contributed by atoms with Crippen molar-refractivity contribution in [3.63, 3.8) is 0 Å². The van der Waals surface area contributed by atoms with Crippen LogP contribution in [0.25, 0.3) is 0 Å². The molecule has 0 aromatic heterocycles. The Morgan fingerprint density at radius 1 is 1.46 bits per heavy atom. The third-order valence-electron chi connectivity index (χ3n) is 1.41. The molecule has 70 valence electrons. The van der Waals surface area contributed by atoms with Crippen molar-refractivity contribution in [2.75, 3.05) is 7.11 Å². The Kier molecular flexibility index (Phi) is 2.41. The maximum absolute atomic E-state index is 12.7. The first-order chi connectivity index (χ1) is 6.06. The second-order valence-electron chi connectivity index (χ2n) is 2.20. The van der Waals surface area contributed by atoms with Gasteiger partial charge in [0.2, 0.25) is 5.82 Å². The predicted molar refractivity (Wildman–Crippen MR) is 39.6 cm³/mol. The molecule has 0 atom stereocenters. The van der Waals surface area contributed by atoms with E-state index in [1.165, 1.54) is 7.11 Å². The first kappa shape index (κ1) is 9.37. The van der Waals surface area contributed by atoms with Gasteiger partial charge >= 0.3 is 5.69 Å². The molecule has 0 unspecified atom stereocenters. The SMILES string of the molecule is COc1cc(F)c(F)c([N+](=O)[O-])c1. The number of nitro groups is 1. The summed E-state index contributed by atoms with van der Waals surface area (Å²) in [4.78, 5) is 9.17. The third-order valence-corrected chi connectivity index (χ3v) is 1.41. The van der Waals surface area contributed by atoms with Gasteiger partial charge in [-0.05, 0) is 0 Å². The van der Waals surface area contributed by atoms with Crippen LogP contribution in [0, 0.1) is 21.7 Å². The number of methoxy groups -OCH3 is 1. The first-order valence-corrected chi connectivity index (χ1v) is 3.23. The van der Waals surface area contributed by atoms with Gasteiger partial charge in [-0.15, -0.1) is 0 Å². The number of ether oxygens (including phenoxy) is 1. The highest BCUT2D eigenvalue weighted by atomic mass is 19.2. The standard InChI is InChI=1S/C7H5F2NO3/c1-13-4-2-5(8)7(9)6(3-4)10(11)12/h2-3H,1H3. The highest BCUT2D eigenvalue weighted by Crippen LogP contribution is 2.25. The van der Waals surface area contributed by atoms with E-state index < -0.39 is 22.2 Å². The molecule has 0 radical (unpaired) electrons. The van der Waals surface area contributed by atoms with E-state index in [1.54, 1.807) is 0 Å². The van der Waals surface area contributed by atoms with Gasteiger partial charge in [0, 0.05) is 6.07 Å². The molecule has 0 spiro atoms. The van der Waals surface area contributed by atoms with Crippen LogP contribution in [0.4, 0.5) is 14.5 Å². The van der Waals surface area contributed by atoms with Crippen LogP contribution in [0.1, 0.15) is 0 Å². The van der Waals surface area contributed by atoms with E-state index >= 15 is 0 Å². The van der Waals surface area contributed by atoms with Crippen molar-refractivity contribution in [1.29, 1.82) is 0 Å². The van der Waals surface area contributed by atoms with Crippen LogP contribution in [0.2, 0.25) is 0 Å².